The van der Waals surface area contributed by atoms with E-state index in [0.717, 1.165) is 22.2 Å². The quantitative estimate of drug-likeness (QED) is 0.679. The van der Waals surface area contributed by atoms with E-state index >= 15 is 0 Å². The molecule has 0 amide bonds. The van der Waals surface area contributed by atoms with E-state index < -0.39 is 0 Å². The van der Waals surface area contributed by atoms with Crippen LogP contribution in [0.2, 0.25) is 10.6 Å². The number of rotatable bonds is 2. The third-order valence-corrected chi connectivity index (χ3v) is 3.89. The van der Waals surface area contributed by atoms with E-state index in [-0.39, 0.29) is 16.1 Å². The van der Waals surface area contributed by atoms with Crippen LogP contribution in [0.4, 0.5) is 0 Å². The van der Waals surface area contributed by atoms with Gasteiger partial charge in [0.2, 0.25) is 10.6 Å². The predicted molar refractivity (Wildman–Crippen MR) is 92.3 cm³/mol. The molecule has 5 nitrogen and oxygen atoms in total. The minimum atomic E-state index is -0.105. The van der Waals surface area contributed by atoms with Crippen LogP contribution in [0.3, 0.4) is 0 Å². The van der Waals surface area contributed by atoms with E-state index in [1.54, 1.807) is 7.11 Å². The molecule has 0 bridgehead atoms. The molecule has 2 heterocycles. The first-order valence-corrected chi connectivity index (χ1v) is 7.82. The van der Waals surface area contributed by atoms with Gasteiger partial charge in [-0.25, -0.2) is 0 Å². The average Bonchev–Trinajstić information content (AvgIpc) is 2.84. The van der Waals surface area contributed by atoms with E-state index in [2.05, 4.69) is 40.3 Å². The van der Waals surface area contributed by atoms with Crippen LogP contribution in [-0.4, -0.2) is 26.6 Å². The maximum atomic E-state index is 5.93. The van der Waals surface area contributed by atoms with Crippen molar-refractivity contribution in [1.82, 2.24) is 19.5 Å². The Morgan fingerprint density at radius 2 is 1.70 bits per heavy atom. The molecular weight excluding hydrogens is 335 g/mol. The number of fused-ring (bicyclic) bond motifs is 1. The number of benzene rings is 1. The zero-order valence-electron chi connectivity index (χ0n) is 13.3. The Labute approximate surface area is 144 Å². The van der Waals surface area contributed by atoms with Gasteiger partial charge in [-0.1, -0.05) is 0 Å². The Hall–Kier alpha value is -1.85. The fraction of sp³-hybridized carbons (Fsp3) is 0.312. The lowest BCUT2D eigenvalue weighted by Crippen LogP contribution is -2.20. The van der Waals surface area contributed by atoms with Crippen LogP contribution in [-0.2, 0) is 5.54 Å². The Bertz CT molecular complexity index is 863. The third kappa shape index (κ3) is 2.99. The van der Waals surface area contributed by atoms with E-state index in [0.29, 0.717) is 5.82 Å². The number of hydrogen-bond donors (Lipinski definition) is 0. The van der Waals surface area contributed by atoms with E-state index in [1.165, 1.54) is 0 Å². The summed E-state index contributed by atoms with van der Waals surface area (Å²) in [7, 11) is 1.64. The van der Waals surface area contributed by atoms with Gasteiger partial charge in [-0.2, -0.15) is 15.0 Å². The van der Waals surface area contributed by atoms with Crippen molar-refractivity contribution in [3.05, 3.63) is 35.0 Å². The normalized spacial score (nSPS) is 11.9. The molecule has 23 heavy (non-hydrogen) atoms. The molecule has 0 atom stereocenters. The molecule has 3 rings (SSSR count). The fourth-order valence-corrected chi connectivity index (χ4v) is 2.88. The van der Waals surface area contributed by atoms with E-state index in [4.69, 9.17) is 27.9 Å². The van der Waals surface area contributed by atoms with Crippen LogP contribution in [0, 0.1) is 0 Å². The number of aromatic nitrogens is 4. The molecule has 120 valence electrons. The minimum Gasteiger partial charge on any atom is -0.497 e. The Morgan fingerprint density at radius 3 is 2.26 bits per heavy atom. The zero-order chi connectivity index (χ0) is 16.8. The highest BCUT2D eigenvalue weighted by atomic mass is 35.5. The highest BCUT2D eigenvalue weighted by Gasteiger charge is 2.21. The summed E-state index contributed by atoms with van der Waals surface area (Å²) in [5.74, 6) is 1.20. The maximum absolute atomic E-state index is 5.93. The first-order chi connectivity index (χ1) is 10.8. The van der Waals surface area contributed by atoms with Gasteiger partial charge in [0.25, 0.3) is 0 Å². The molecule has 2 aromatic heterocycles. The van der Waals surface area contributed by atoms with Crippen molar-refractivity contribution in [2.75, 3.05) is 7.11 Å². The first kappa shape index (κ1) is 16.0. The second-order valence-corrected chi connectivity index (χ2v) is 6.84. The molecule has 0 aliphatic heterocycles. The predicted octanol–water partition coefficient (Wildman–Crippen LogP) is 4.56. The SMILES string of the molecule is COc1ccc2c(c1)c(-c1nc(Cl)nc(Cl)n1)cn2C(C)(C)C. The molecule has 0 spiro atoms. The van der Waals surface area contributed by atoms with Crippen LogP contribution >= 0.6 is 23.2 Å². The van der Waals surface area contributed by atoms with Gasteiger partial charge in [0.1, 0.15) is 5.75 Å². The van der Waals surface area contributed by atoms with Crippen molar-refractivity contribution in [1.29, 1.82) is 0 Å². The van der Waals surface area contributed by atoms with Gasteiger partial charge in [0, 0.05) is 28.2 Å². The number of ether oxygens (including phenoxy) is 1. The van der Waals surface area contributed by atoms with Crippen molar-refractivity contribution in [2.45, 2.75) is 26.3 Å². The summed E-state index contributed by atoms with van der Waals surface area (Å²) in [5.41, 5.74) is 1.78. The van der Waals surface area contributed by atoms with E-state index in [1.807, 2.05) is 24.4 Å². The second-order valence-electron chi connectivity index (χ2n) is 6.16. The number of methoxy groups -OCH3 is 1. The highest BCUT2D eigenvalue weighted by molar-refractivity contribution is 6.31. The highest BCUT2D eigenvalue weighted by Crippen LogP contribution is 2.35. The summed E-state index contributed by atoms with van der Waals surface area (Å²) in [4.78, 5) is 12.2. The van der Waals surface area contributed by atoms with Crippen LogP contribution in [0.15, 0.2) is 24.4 Å². The van der Waals surface area contributed by atoms with Crippen LogP contribution in [0.1, 0.15) is 20.8 Å². The lowest BCUT2D eigenvalue weighted by molar-refractivity contribution is 0.409. The van der Waals surface area contributed by atoms with Gasteiger partial charge in [-0.15, -0.1) is 0 Å². The smallest absolute Gasteiger partial charge is 0.227 e. The van der Waals surface area contributed by atoms with Crippen LogP contribution in [0.5, 0.6) is 5.75 Å². The number of nitrogens with zero attached hydrogens (tertiary/aromatic N) is 4. The number of hydrogen-bond acceptors (Lipinski definition) is 4. The van der Waals surface area contributed by atoms with Gasteiger partial charge in [-0.3, -0.25) is 0 Å². The Kier molecular flexibility index (Phi) is 3.94. The molecule has 0 N–H and O–H groups in total. The first-order valence-electron chi connectivity index (χ1n) is 7.06. The lowest BCUT2D eigenvalue weighted by Gasteiger charge is -2.22. The van der Waals surface area contributed by atoms with Crippen LogP contribution < -0.4 is 4.74 Å². The third-order valence-electron chi connectivity index (χ3n) is 3.56. The Morgan fingerprint density at radius 1 is 1.04 bits per heavy atom. The van der Waals surface area contributed by atoms with Crippen molar-refractivity contribution in [3.63, 3.8) is 0 Å². The van der Waals surface area contributed by atoms with Gasteiger partial charge < -0.3 is 9.30 Å². The van der Waals surface area contributed by atoms with Gasteiger partial charge in [-0.05, 0) is 62.2 Å². The topological polar surface area (TPSA) is 52.8 Å². The molecule has 0 fully saturated rings. The largest absolute Gasteiger partial charge is 0.497 e. The summed E-state index contributed by atoms with van der Waals surface area (Å²) in [6.45, 7) is 6.40. The summed E-state index contributed by atoms with van der Waals surface area (Å²) in [5, 5.41) is 1.11. The number of halogens is 2. The summed E-state index contributed by atoms with van der Waals surface area (Å²) >= 11 is 11.9. The van der Waals surface area contributed by atoms with E-state index in [9.17, 15) is 0 Å². The molecule has 0 aliphatic carbocycles. The monoisotopic (exact) mass is 350 g/mol. The molecule has 0 unspecified atom stereocenters. The van der Waals surface area contributed by atoms with Gasteiger partial charge in [0.15, 0.2) is 5.82 Å². The maximum Gasteiger partial charge on any atom is 0.227 e. The molecule has 0 radical (unpaired) electrons. The molecule has 0 aliphatic rings. The lowest BCUT2D eigenvalue weighted by atomic mass is 10.1. The molecular formula is C16H16Cl2N4O. The van der Waals surface area contributed by atoms with Crippen molar-refractivity contribution < 1.29 is 4.74 Å². The van der Waals surface area contributed by atoms with Crippen molar-refractivity contribution in [2.24, 2.45) is 0 Å². The summed E-state index contributed by atoms with van der Waals surface area (Å²) in [6, 6.07) is 5.91. The molecule has 1 aromatic carbocycles. The summed E-state index contributed by atoms with van der Waals surface area (Å²) < 4.78 is 7.51. The molecule has 0 saturated carbocycles. The second kappa shape index (κ2) is 5.65. The summed E-state index contributed by atoms with van der Waals surface area (Å²) in [6.07, 6.45) is 2.01. The molecule has 7 heteroatoms. The molecule has 0 saturated heterocycles. The Balaban J connectivity index is 2.35. The van der Waals surface area contributed by atoms with Crippen molar-refractivity contribution >= 4 is 34.1 Å². The zero-order valence-corrected chi connectivity index (χ0v) is 14.8. The van der Waals surface area contributed by atoms with Crippen LogP contribution in [0.25, 0.3) is 22.3 Å². The minimum absolute atomic E-state index is 0.0690. The average molecular weight is 351 g/mol. The standard InChI is InChI=1S/C16H16Cl2N4O/c1-16(2,3)22-8-11(13-19-14(17)21-15(18)20-13)10-7-9(23-4)5-6-12(10)22/h5-8H,1-4H3. The van der Waals surface area contributed by atoms with Crippen molar-refractivity contribution in [3.8, 4) is 17.1 Å². The molecule has 3 aromatic rings. The fourth-order valence-electron chi connectivity index (χ4n) is 2.52. The van der Waals surface area contributed by atoms with Gasteiger partial charge in [0.05, 0.1) is 7.11 Å². The van der Waals surface area contributed by atoms with Gasteiger partial charge >= 0.3 is 0 Å².